The maximum atomic E-state index is 12.1. The molecule has 1 aliphatic heterocycles. The normalized spacial score (nSPS) is 16.9. The van der Waals surface area contributed by atoms with Gasteiger partial charge in [-0.15, -0.1) is 11.3 Å². The fourth-order valence-electron chi connectivity index (χ4n) is 2.58. The number of aromatic carboxylic acids is 1. The molecule has 1 fully saturated rings. The Morgan fingerprint density at radius 3 is 3.04 bits per heavy atom. The third-order valence-electron chi connectivity index (χ3n) is 3.83. The van der Waals surface area contributed by atoms with E-state index in [-0.39, 0.29) is 17.6 Å². The van der Waals surface area contributed by atoms with Gasteiger partial charge in [-0.25, -0.2) is 9.78 Å². The average Bonchev–Trinajstić information content (AvgIpc) is 3.26. The molecule has 1 aliphatic rings. The maximum Gasteiger partial charge on any atom is 0.335 e. The highest BCUT2D eigenvalue weighted by atomic mass is 32.1. The van der Waals surface area contributed by atoms with Gasteiger partial charge in [0.15, 0.2) is 0 Å². The van der Waals surface area contributed by atoms with Crippen molar-refractivity contribution in [1.82, 2.24) is 10.3 Å². The number of carbonyl (C=O) groups is 2. The van der Waals surface area contributed by atoms with Crippen LogP contribution in [0.2, 0.25) is 0 Å². The van der Waals surface area contributed by atoms with E-state index in [9.17, 15) is 9.59 Å². The van der Waals surface area contributed by atoms with E-state index >= 15 is 0 Å². The number of hydrogen-bond acceptors (Lipinski definition) is 5. The van der Waals surface area contributed by atoms with Crippen LogP contribution in [-0.4, -0.2) is 35.1 Å². The van der Waals surface area contributed by atoms with Gasteiger partial charge in [0.25, 0.3) is 5.91 Å². The standard InChI is InChI=1S/C17H18N2O4S/c20-15(13-10-24-16(19-13)14-5-2-8-23-14)18-7-6-11-3-1-4-12(9-11)17(21)22/h1,3-4,9-10,14H,2,5-8H2,(H,18,20)(H,21,22)/t14-/m0/s1. The van der Waals surface area contributed by atoms with Crippen molar-refractivity contribution in [2.45, 2.75) is 25.4 Å². The van der Waals surface area contributed by atoms with Crippen LogP contribution in [0.3, 0.4) is 0 Å². The fraction of sp³-hybridized carbons (Fsp3) is 0.353. The van der Waals surface area contributed by atoms with Gasteiger partial charge in [-0.2, -0.15) is 0 Å². The zero-order valence-corrected chi connectivity index (χ0v) is 13.8. The van der Waals surface area contributed by atoms with Crippen LogP contribution in [0.15, 0.2) is 29.6 Å². The van der Waals surface area contributed by atoms with E-state index in [2.05, 4.69) is 10.3 Å². The summed E-state index contributed by atoms with van der Waals surface area (Å²) >= 11 is 1.45. The van der Waals surface area contributed by atoms with E-state index in [0.29, 0.717) is 18.7 Å². The molecular weight excluding hydrogens is 328 g/mol. The largest absolute Gasteiger partial charge is 0.478 e. The van der Waals surface area contributed by atoms with Crippen molar-refractivity contribution in [3.05, 3.63) is 51.5 Å². The SMILES string of the molecule is O=C(O)c1cccc(CCNC(=O)c2csc([C@@H]3CCCO3)n2)c1. The second-order valence-electron chi connectivity index (χ2n) is 5.58. The van der Waals surface area contributed by atoms with Gasteiger partial charge in [-0.05, 0) is 37.0 Å². The summed E-state index contributed by atoms with van der Waals surface area (Å²) in [5.74, 6) is -1.17. The van der Waals surface area contributed by atoms with Crippen LogP contribution >= 0.6 is 11.3 Å². The number of carboxylic acids is 1. The molecule has 0 aliphatic carbocycles. The van der Waals surface area contributed by atoms with Crippen molar-refractivity contribution >= 4 is 23.2 Å². The van der Waals surface area contributed by atoms with E-state index in [0.717, 1.165) is 30.0 Å². The quantitative estimate of drug-likeness (QED) is 0.839. The Morgan fingerprint density at radius 1 is 1.42 bits per heavy atom. The molecule has 1 saturated heterocycles. The van der Waals surface area contributed by atoms with Gasteiger partial charge in [0, 0.05) is 18.5 Å². The third kappa shape index (κ3) is 3.98. The summed E-state index contributed by atoms with van der Waals surface area (Å²) in [6.45, 7) is 1.18. The molecule has 1 aromatic carbocycles. The van der Waals surface area contributed by atoms with Crippen LogP contribution in [0.4, 0.5) is 0 Å². The van der Waals surface area contributed by atoms with Gasteiger partial charge < -0.3 is 15.2 Å². The molecule has 3 rings (SSSR count). The van der Waals surface area contributed by atoms with Gasteiger partial charge in [0.05, 0.1) is 5.56 Å². The number of rotatable bonds is 6. The summed E-state index contributed by atoms with van der Waals surface area (Å²) in [4.78, 5) is 27.4. The maximum absolute atomic E-state index is 12.1. The van der Waals surface area contributed by atoms with Crippen molar-refractivity contribution in [1.29, 1.82) is 0 Å². The lowest BCUT2D eigenvalue weighted by molar-refractivity contribution is 0.0696. The molecule has 0 bridgehead atoms. The Bertz CT molecular complexity index is 738. The Morgan fingerprint density at radius 2 is 2.29 bits per heavy atom. The number of hydrogen-bond donors (Lipinski definition) is 2. The molecule has 2 aromatic rings. The van der Waals surface area contributed by atoms with Gasteiger partial charge in [-0.1, -0.05) is 12.1 Å². The summed E-state index contributed by atoms with van der Waals surface area (Å²) < 4.78 is 5.57. The number of aromatic nitrogens is 1. The lowest BCUT2D eigenvalue weighted by Gasteiger charge is -2.05. The van der Waals surface area contributed by atoms with Crippen molar-refractivity contribution < 1.29 is 19.4 Å². The zero-order chi connectivity index (χ0) is 16.9. The Labute approximate surface area is 143 Å². The van der Waals surface area contributed by atoms with E-state index in [1.165, 1.54) is 11.3 Å². The summed E-state index contributed by atoms with van der Waals surface area (Å²) in [5, 5.41) is 14.4. The molecule has 126 valence electrons. The van der Waals surface area contributed by atoms with Crippen LogP contribution < -0.4 is 5.32 Å². The average molecular weight is 346 g/mol. The van der Waals surface area contributed by atoms with E-state index in [1.807, 2.05) is 6.07 Å². The first-order valence-electron chi connectivity index (χ1n) is 7.81. The number of nitrogens with one attached hydrogen (secondary N) is 1. The van der Waals surface area contributed by atoms with Crippen LogP contribution in [-0.2, 0) is 11.2 Å². The van der Waals surface area contributed by atoms with Crippen molar-refractivity contribution in [3.63, 3.8) is 0 Å². The Kier molecular flexibility index (Phi) is 5.22. The van der Waals surface area contributed by atoms with Crippen molar-refractivity contribution in [3.8, 4) is 0 Å². The van der Waals surface area contributed by atoms with Crippen molar-refractivity contribution in [2.24, 2.45) is 0 Å². The van der Waals surface area contributed by atoms with Crippen LogP contribution in [0, 0.1) is 0 Å². The lowest BCUT2D eigenvalue weighted by atomic mass is 10.1. The minimum absolute atomic E-state index is 0.0234. The fourth-order valence-corrected chi connectivity index (χ4v) is 3.46. The molecule has 24 heavy (non-hydrogen) atoms. The third-order valence-corrected chi connectivity index (χ3v) is 4.77. The summed E-state index contributed by atoms with van der Waals surface area (Å²) in [5.41, 5.74) is 1.53. The van der Waals surface area contributed by atoms with Crippen LogP contribution in [0.1, 0.15) is 50.4 Å². The highest BCUT2D eigenvalue weighted by Crippen LogP contribution is 2.30. The number of ether oxygens (including phenoxy) is 1. The lowest BCUT2D eigenvalue weighted by Crippen LogP contribution is -2.26. The first-order valence-corrected chi connectivity index (χ1v) is 8.69. The number of carboxylic acid groups (broad SMARTS) is 1. The molecule has 0 saturated carbocycles. The van der Waals surface area contributed by atoms with E-state index in [1.54, 1.807) is 23.6 Å². The number of carbonyl (C=O) groups excluding carboxylic acids is 1. The number of thiazole rings is 1. The molecular formula is C17H18N2O4S. The van der Waals surface area contributed by atoms with Gasteiger partial charge in [0.1, 0.15) is 16.8 Å². The van der Waals surface area contributed by atoms with Crippen LogP contribution in [0.5, 0.6) is 0 Å². The first kappa shape index (κ1) is 16.6. The van der Waals surface area contributed by atoms with E-state index < -0.39 is 5.97 Å². The Balaban J connectivity index is 1.52. The molecule has 7 heteroatoms. The molecule has 1 amide bonds. The molecule has 1 aromatic heterocycles. The topological polar surface area (TPSA) is 88.5 Å². The molecule has 1 atom stereocenters. The zero-order valence-electron chi connectivity index (χ0n) is 13.0. The monoisotopic (exact) mass is 346 g/mol. The smallest absolute Gasteiger partial charge is 0.335 e. The van der Waals surface area contributed by atoms with Gasteiger partial charge >= 0.3 is 5.97 Å². The molecule has 2 N–H and O–H groups in total. The number of nitrogens with zero attached hydrogens (tertiary/aromatic N) is 1. The van der Waals surface area contributed by atoms with Gasteiger partial charge in [-0.3, -0.25) is 4.79 Å². The molecule has 6 nitrogen and oxygen atoms in total. The predicted octanol–water partition coefficient (Wildman–Crippen LogP) is 2.67. The predicted molar refractivity (Wildman–Crippen MR) is 89.5 cm³/mol. The second kappa shape index (κ2) is 7.55. The first-order chi connectivity index (χ1) is 11.6. The summed E-state index contributed by atoms with van der Waals surface area (Å²) in [7, 11) is 0. The highest BCUT2D eigenvalue weighted by molar-refractivity contribution is 7.09. The molecule has 0 radical (unpaired) electrons. The summed E-state index contributed by atoms with van der Waals surface area (Å²) in [6.07, 6.45) is 2.57. The van der Waals surface area contributed by atoms with Crippen LogP contribution in [0.25, 0.3) is 0 Å². The highest BCUT2D eigenvalue weighted by Gasteiger charge is 2.22. The minimum atomic E-state index is -0.954. The second-order valence-corrected chi connectivity index (χ2v) is 6.47. The summed E-state index contributed by atoms with van der Waals surface area (Å²) in [6, 6.07) is 6.71. The Hall–Kier alpha value is -2.25. The van der Waals surface area contributed by atoms with E-state index in [4.69, 9.17) is 9.84 Å². The van der Waals surface area contributed by atoms with Crippen molar-refractivity contribution in [2.75, 3.05) is 13.2 Å². The number of benzene rings is 1. The number of amides is 1. The molecule has 0 spiro atoms. The minimum Gasteiger partial charge on any atom is -0.478 e. The van der Waals surface area contributed by atoms with Gasteiger partial charge in [0.2, 0.25) is 0 Å². The molecule has 2 heterocycles. The molecule has 0 unspecified atom stereocenters.